The summed E-state index contributed by atoms with van der Waals surface area (Å²) in [4.78, 5) is 16.1. The van der Waals surface area contributed by atoms with Gasteiger partial charge in [0.05, 0.1) is 11.3 Å². The Morgan fingerprint density at radius 2 is 1.53 bits per heavy atom. The zero-order valence-electron chi connectivity index (χ0n) is 17.4. The summed E-state index contributed by atoms with van der Waals surface area (Å²) < 4.78 is 38.0. The zero-order chi connectivity index (χ0) is 22.7. The molecule has 2 aromatic carbocycles. The fourth-order valence-corrected chi connectivity index (χ4v) is 3.46. The fraction of sp³-hybridized carbons (Fsp3) is 0.261. The molecule has 2 amide bonds. The smallest absolute Gasteiger partial charge is 0.352 e. The molecule has 6 nitrogen and oxygen atoms in total. The van der Waals surface area contributed by atoms with Crippen LogP contribution in [0.5, 0.6) is 0 Å². The third-order valence-electron chi connectivity index (χ3n) is 5.35. The van der Waals surface area contributed by atoms with Gasteiger partial charge in [-0.3, -0.25) is 0 Å². The van der Waals surface area contributed by atoms with E-state index in [1.165, 1.54) is 17.7 Å². The second kappa shape index (κ2) is 8.86. The summed E-state index contributed by atoms with van der Waals surface area (Å²) in [6.45, 7) is 4.13. The number of anilines is 2. The number of rotatable bonds is 3. The molecule has 9 heteroatoms. The summed E-state index contributed by atoms with van der Waals surface area (Å²) >= 11 is 0. The molecule has 1 aliphatic rings. The van der Waals surface area contributed by atoms with Crippen LogP contribution in [0.1, 0.15) is 11.1 Å². The minimum absolute atomic E-state index is 0.322. The van der Waals surface area contributed by atoms with Crippen molar-refractivity contribution < 1.29 is 18.0 Å². The Kier molecular flexibility index (Phi) is 5.98. The maximum Gasteiger partial charge on any atom is 0.416 e. The summed E-state index contributed by atoms with van der Waals surface area (Å²) in [5, 5.41) is 11.3. The highest BCUT2D eigenvalue weighted by Crippen LogP contribution is 2.30. The van der Waals surface area contributed by atoms with E-state index in [9.17, 15) is 18.0 Å². The Labute approximate surface area is 183 Å². The molecule has 1 N–H and O–H groups in total. The number of halogens is 3. The van der Waals surface area contributed by atoms with Crippen molar-refractivity contribution in [1.82, 2.24) is 15.1 Å². The second-order valence-corrected chi connectivity index (χ2v) is 7.62. The van der Waals surface area contributed by atoms with Crippen LogP contribution in [0.2, 0.25) is 0 Å². The molecular weight excluding hydrogens is 419 g/mol. The van der Waals surface area contributed by atoms with E-state index in [-0.39, 0.29) is 6.03 Å². The maximum atomic E-state index is 12.7. The minimum Gasteiger partial charge on any atom is -0.352 e. The van der Waals surface area contributed by atoms with Gasteiger partial charge in [0.2, 0.25) is 0 Å². The first-order valence-corrected chi connectivity index (χ1v) is 10.2. The number of carbonyl (C=O) groups excluding carboxylic acids is 1. The number of alkyl halides is 3. The van der Waals surface area contributed by atoms with Crippen LogP contribution in [-0.4, -0.2) is 47.3 Å². The molecule has 0 atom stereocenters. The number of nitrogens with one attached hydrogen (secondary N) is 1. The van der Waals surface area contributed by atoms with Gasteiger partial charge in [-0.25, -0.2) is 4.79 Å². The Hall–Kier alpha value is -3.62. The molecule has 0 spiro atoms. The number of piperazine rings is 1. The summed E-state index contributed by atoms with van der Waals surface area (Å²) in [6, 6.07) is 16.0. The highest BCUT2D eigenvalue weighted by Gasteiger charge is 2.30. The van der Waals surface area contributed by atoms with Gasteiger partial charge in [0.25, 0.3) is 0 Å². The van der Waals surface area contributed by atoms with Crippen molar-refractivity contribution >= 4 is 17.5 Å². The topological polar surface area (TPSA) is 61.4 Å². The minimum atomic E-state index is -4.40. The van der Waals surface area contributed by atoms with Crippen molar-refractivity contribution in [2.75, 3.05) is 36.4 Å². The van der Waals surface area contributed by atoms with Crippen LogP contribution in [0, 0.1) is 6.92 Å². The zero-order valence-corrected chi connectivity index (χ0v) is 17.4. The van der Waals surface area contributed by atoms with E-state index in [0.29, 0.717) is 31.9 Å². The van der Waals surface area contributed by atoms with Gasteiger partial charge in [-0.2, -0.15) is 13.2 Å². The second-order valence-electron chi connectivity index (χ2n) is 7.62. The third-order valence-corrected chi connectivity index (χ3v) is 5.35. The van der Waals surface area contributed by atoms with Crippen molar-refractivity contribution in [3.05, 3.63) is 71.8 Å². The monoisotopic (exact) mass is 441 g/mol. The summed E-state index contributed by atoms with van der Waals surface area (Å²) in [7, 11) is 0. The summed E-state index contributed by atoms with van der Waals surface area (Å²) in [5.74, 6) is 0.739. The van der Waals surface area contributed by atoms with Crippen molar-refractivity contribution in [2.24, 2.45) is 0 Å². The molecule has 1 aliphatic heterocycles. The lowest BCUT2D eigenvalue weighted by molar-refractivity contribution is -0.137. The van der Waals surface area contributed by atoms with Crippen molar-refractivity contribution in [2.45, 2.75) is 13.1 Å². The number of carbonyl (C=O) groups is 1. The predicted molar refractivity (Wildman–Crippen MR) is 116 cm³/mol. The van der Waals surface area contributed by atoms with Crippen LogP contribution >= 0.6 is 0 Å². The van der Waals surface area contributed by atoms with Gasteiger partial charge >= 0.3 is 12.2 Å². The van der Waals surface area contributed by atoms with E-state index in [1.807, 2.05) is 48.2 Å². The van der Waals surface area contributed by atoms with Crippen LogP contribution in [0.25, 0.3) is 11.3 Å². The first-order chi connectivity index (χ1) is 15.3. The van der Waals surface area contributed by atoms with Crippen molar-refractivity contribution in [3.8, 4) is 11.3 Å². The third kappa shape index (κ3) is 4.99. The number of aromatic nitrogens is 2. The molecule has 1 saturated heterocycles. The Morgan fingerprint density at radius 3 is 2.09 bits per heavy atom. The molecular formula is C23H22F3N5O. The van der Waals surface area contributed by atoms with Crippen molar-refractivity contribution in [1.29, 1.82) is 0 Å². The number of aryl methyl sites for hydroxylation is 1. The van der Waals surface area contributed by atoms with Crippen LogP contribution < -0.4 is 10.2 Å². The van der Waals surface area contributed by atoms with E-state index in [1.54, 1.807) is 4.90 Å². The van der Waals surface area contributed by atoms with Gasteiger partial charge in [-0.15, -0.1) is 10.2 Å². The molecule has 1 fully saturated rings. The normalized spacial score (nSPS) is 14.4. The Bertz CT molecular complexity index is 1060. The van der Waals surface area contributed by atoms with E-state index in [2.05, 4.69) is 15.5 Å². The highest BCUT2D eigenvalue weighted by molar-refractivity contribution is 5.89. The lowest BCUT2D eigenvalue weighted by Gasteiger charge is -2.35. The van der Waals surface area contributed by atoms with Crippen LogP contribution in [0.3, 0.4) is 0 Å². The first-order valence-electron chi connectivity index (χ1n) is 10.2. The quantitative estimate of drug-likeness (QED) is 0.633. The molecule has 1 aromatic heterocycles. The SMILES string of the molecule is Cc1ccc(-c2ccc(N3CCN(C(=O)Nc4ccc(C(F)(F)F)cc4)CC3)nn2)cc1. The Morgan fingerprint density at radius 1 is 0.875 bits per heavy atom. The molecule has 4 rings (SSSR count). The van der Waals surface area contributed by atoms with Gasteiger partial charge in [0.15, 0.2) is 5.82 Å². The van der Waals surface area contributed by atoms with Gasteiger partial charge in [0, 0.05) is 37.4 Å². The number of benzene rings is 2. The lowest BCUT2D eigenvalue weighted by atomic mass is 10.1. The van der Waals surface area contributed by atoms with Crippen molar-refractivity contribution in [3.63, 3.8) is 0 Å². The van der Waals surface area contributed by atoms with Crippen LogP contribution in [0.15, 0.2) is 60.7 Å². The van der Waals surface area contributed by atoms with E-state index >= 15 is 0 Å². The molecule has 0 radical (unpaired) electrons. The first kappa shape index (κ1) is 21.6. The molecule has 2 heterocycles. The molecule has 0 bridgehead atoms. The van der Waals surface area contributed by atoms with E-state index in [4.69, 9.17) is 0 Å². The van der Waals surface area contributed by atoms with Gasteiger partial charge < -0.3 is 15.1 Å². The highest BCUT2D eigenvalue weighted by atomic mass is 19.4. The molecule has 32 heavy (non-hydrogen) atoms. The van der Waals surface area contributed by atoms with Crippen LogP contribution in [-0.2, 0) is 6.18 Å². The van der Waals surface area contributed by atoms with E-state index < -0.39 is 11.7 Å². The molecule has 0 saturated carbocycles. The van der Waals surface area contributed by atoms with E-state index in [0.717, 1.165) is 29.2 Å². The number of urea groups is 1. The summed E-state index contributed by atoms with van der Waals surface area (Å²) in [5.41, 5.74) is 2.54. The standard InChI is InChI=1S/C23H22F3N5O/c1-16-2-4-17(5-3-16)20-10-11-21(29-28-20)30-12-14-31(15-13-30)22(32)27-19-8-6-18(7-9-19)23(24,25)26/h2-11H,12-15H2,1H3,(H,27,32). The molecule has 166 valence electrons. The lowest BCUT2D eigenvalue weighted by Crippen LogP contribution is -2.50. The van der Waals surface area contributed by atoms with Gasteiger partial charge in [0.1, 0.15) is 0 Å². The maximum absolute atomic E-state index is 12.7. The number of hydrogen-bond donors (Lipinski definition) is 1. The summed E-state index contributed by atoms with van der Waals surface area (Å²) in [6.07, 6.45) is -4.40. The average molecular weight is 441 g/mol. The van der Waals surface area contributed by atoms with Crippen LogP contribution in [0.4, 0.5) is 29.5 Å². The number of nitrogens with zero attached hydrogens (tertiary/aromatic N) is 4. The molecule has 0 unspecified atom stereocenters. The molecule has 0 aliphatic carbocycles. The largest absolute Gasteiger partial charge is 0.416 e. The van der Waals surface area contributed by atoms with Gasteiger partial charge in [-0.1, -0.05) is 29.8 Å². The predicted octanol–water partition coefficient (Wildman–Crippen LogP) is 4.82. The average Bonchev–Trinajstić information content (AvgIpc) is 2.80. The van der Waals surface area contributed by atoms with Gasteiger partial charge in [-0.05, 0) is 43.3 Å². The molecule has 3 aromatic rings. The number of amides is 2. The number of hydrogen-bond acceptors (Lipinski definition) is 4. The fourth-order valence-electron chi connectivity index (χ4n) is 3.46. The Balaban J connectivity index is 1.31.